The second-order valence-corrected chi connectivity index (χ2v) is 5.72. The second-order valence-electron chi connectivity index (χ2n) is 5.31. The molecule has 23 heavy (non-hydrogen) atoms. The van der Waals surface area contributed by atoms with Crippen LogP contribution in [0.3, 0.4) is 0 Å². The molecule has 118 valence electrons. The molecule has 0 aliphatic carbocycles. The van der Waals surface area contributed by atoms with Gasteiger partial charge in [0.2, 0.25) is 5.91 Å². The molecule has 0 bridgehead atoms. The molecule has 6 heteroatoms. The smallest absolute Gasteiger partial charge is 0.260 e. The summed E-state index contributed by atoms with van der Waals surface area (Å²) >= 11 is 5.89. The number of carbonyl (C=O) groups is 2. The van der Waals surface area contributed by atoms with Crippen LogP contribution >= 0.6 is 11.6 Å². The zero-order chi connectivity index (χ0) is 16.6. The number of nitrogens with one attached hydrogen (secondary N) is 1. The Balaban J connectivity index is 1.85. The molecule has 1 heterocycles. The number of benzene rings is 2. The first-order valence-corrected chi connectivity index (χ1v) is 7.51. The lowest BCUT2D eigenvalue weighted by molar-refractivity contribution is -0.116. The zero-order valence-electron chi connectivity index (χ0n) is 12.4. The van der Waals surface area contributed by atoms with E-state index in [0.717, 1.165) is 17.7 Å². The van der Waals surface area contributed by atoms with E-state index in [-0.39, 0.29) is 16.5 Å². The minimum Gasteiger partial charge on any atom is -0.322 e. The van der Waals surface area contributed by atoms with E-state index in [0.29, 0.717) is 12.2 Å². The Morgan fingerprint density at radius 1 is 1.26 bits per heavy atom. The number of hydrogen-bond donors (Lipinski definition) is 1. The van der Waals surface area contributed by atoms with E-state index in [1.807, 2.05) is 0 Å². The van der Waals surface area contributed by atoms with Crippen LogP contribution in [0.25, 0.3) is 0 Å². The molecular weight excluding hydrogens is 319 g/mol. The molecule has 3 rings (SSSR count). The van der Waals surface area contributed by atoms with E-state index < -0.39 is 11.7 Å². The van der Waals surface area contributed by atoms with Gasteiger partial charge in [-0.3, -0.25) is 9.59 Å². The molecule has 0 saturated carbocycles. The van der Waals surface area contributed by atoms with Crippen LogP contribution in [0.15, 0.2) is 36.4 Å². The van der Waals surface area contributed by atoms with Crippen molar-refractivity contribution in [1.82, 2.24) is 0 Å². The van der Waals surface area contributed by atoms with Gasteiger partial charge in [-0.2, -0.15) is 0 Å². The molecule has 0 spiro atoms. The van der Waals surface area contributed by atoms with Crippen LogP contribution in [0.4, 0.5) is 15.8 Å². The van der Waals surface area contributed by atoms with Gasteiger partial charge in [0.15, 0.2) is 0 Å². The molecule has 0 radical (unpaired) electrons. The highest BCUT2D eigenvalue weighted by atomic mass is 35.5. The molecule has 0 aromatic heterocycles. The van der Waals surface area contributed by atoms with E-state index in [4.69, 9.17) is 11.6 Å². The fourth-order valence-corrected chi connectivity index (χ4v) is 2.96. The van der Waals surface area contributed by atoms with Crippen molar-refractivity contribution in [2.24, 2.45) is 0 Å². The summed E-state index contributed by atoms with van der Waals surface area (Å²) in [4.78, 5) is 25.4. The molecular formula is C17H14ClFN2O2. The minimum absolute atomic E-state index is 0.0151. The van der Waals surface area contributed by atoms with Crippen molar-refractivity contribution in [2.45, 2.75) is 13.3 Å². The number of rotatable bonds is 2. The third-order valence-corrected chi connectivity index (χ3v) is 4.12. The normalized spacial score (nSPS) is 12.9. The Bertz CT molecular complexity index is 787. The van der Waals surface area contributed by atoms with Gasteiger partial charge in [0.1, 0.15) is 5.82 Å². The summed E-state index contributed by atoms with van der Waals surface area (Å²) in [6, 6.07) is 9.36. The largest absolute Gasteiger partial charge is 0.322 e. The Hall–Kier alpha value is -2.40. The molecule has 2 aromatic rings. The third-order valence-electron chi connectivity index (χ3n) is 3.80. The SMILES string of the molecule is CC(=O)N1CCc2cc(NC(=O)c3c(F)cccc3Cl)ccc21. The summed E-state index contributed by atoms with van der Waals surface area (Å²) in [6.07, 6.45) is 0.721. The molecule has 2 aromatic carbocycles. The Morgan fingerprint density at radius 2 is 2.04 bits per heavy atom. The Morgan fingerprint density at radius 3 is 2.74 bits per heavy atom. The molecule has 0 unspecified atom stereocenters. The van der Waals surface area contributed by atoms with Gasteiger partial charge in [-0.1, -0.05) is 17.7 Å². The highest BCUT2D eigenvalue weighted by molar-refractivity contribution is 6.34. The van der Waals surface area contributed by atoms with Crippen LogP contribution in [0, 0.1) is 5.82 Å². The van der Waals surface area contributed by atoms with E-state index in [9.17, 15) is 14.0 Å². The Labute approximate surface area is 137 Å². The monoisotopic (exact) mass is 332 g/mol. The van der Waals surface area contributed by atoms with Crippen molar-refractivity contribution in [3.63, 3.8) is 0 Å². The summed E-state index contributed by atoms with van der Waals surface area (Å²) in [5, 5.41) is 2.71. The molecule has 4 nitrogen and oxygen atoms in total. The number of hydrogen-bond acceptors (Lipinski definition) is 2. The predicted molar refractivity (Wildman–Crippen MR) is 87.5 cm³/mol. The van der Waals surface area contributed by atoms with Crippen molar-refractivity contribution in [3.8, 4) is 0 Å². The molecule has 2 amide bonds. The first kappa shape index (κ1) is 15.5. The van der Waals surface area contributed by atoms with Crippen LogP contribution in [-0.4, -0.2) is 18.4 Å². The maximum atomic E-state index is 13.8. The summed E-state index contributed by atoms with van der Waals surface area (Å²) in [7, 11) is 0. The fourth-order valence-electron chi connectivity index (χ4n) is 2.71. The van der Waals surface area contributed by atoms with Gasteiger partial charge in [0.05, 0.1) is 10.6 Å². The first-order valence-electron chi connectivity index (χ1n) is 7.14. The van der Waals surface area contributed by atoms with Crippen molar-refractivity contribution < 1.29 is 14.0 Å². The first-order chi connectivity index (χ1) is 11.0. The van der Waals surface area contributed by atoms with Crippen LogP contribution in [0.2, 0.25) is 5.02 Å². The number of fused-ring (bicyclic) bond motifs is 1. The van der Waals surface area contributed by atoms with Crippen LogP contribution < -0.4 is 10.2 Å². The van der Waals surface area contributed by atoms with Gasteiger partial charge in [-0.05, 0) is 42.3 Å². The lowest BCUT2D eigenvalue weighted by atomic mass is 10.1. The predicted octanol–water partition coefficient (Wildman–Crippen LogP) is 3.64. The standard InChI is InChI=1S/C17H14ClFN2O2/c1-10(22)21-8-7-11-9-12(5-6-15(11)21)20-17(23)16-13(18)3-2-4-14(16)19/h2-6,9H,7-8H2,1H3,(H,20,23). The Kier molecular flexibility index (Phi) is 4.05. The molecule has 0 fully saturated rings. The maximum Gasteiger partial charge on any atom is 0.260 e. The lowest BCUT2D eigenvalue weighted by Crippen LogP contribution is -2.25. The molecule has 0 saturated heterocycles. The van der Waals surface area contributed by atoms with Crippen LogP contribution in [-0.2, 0) is 11.2 Å². The van der Waals surface area contributed by atoms with Gasteiger partial charge in [-0.15, -0.1) is 0 Å². The maximum absolute atomic E-state index is 13.8. The third kappa shape index (κ3) is 2.92. The average Bonchev–Trinajstić information content (AvgIpc) is 2.90. The van der Waals surface area contributed by atoms with E-state index >= 15 is 0 Å². The van der Waals surface area contributed by atoms with Crippen molar-refractivity contribution in [1.29, 1.82) is 0 Å². The summed E-state index contributed by atoms with van der Waals surface area (Å²) < 4.78 is 13.8. The van der Waals surface area contributed by atoms with Crippen molar-refractivity contribution >= 4 is 34.8 Å². The van der Waals surface area contributed by atoms with E-state index in [1.165, 1.54) is 25.1 Å². The summed E-state index contributed by atoms with van der Waals surface area (Å²) in [6.45, 7) is 2.15. The van der Waals surface area contributed by atoms with Crippen molar-refractivity contribution in [2.75, 3.05) is 16.8 Å². The summed E-state index contributed by atoms with van der Waals surface area (Å²) in [5.74, 6) is -1.29. The average molecular weight is 333 g/mol. The lowest BCUT2D eigenvalue weighted by Gasteiger charge is -2.15. The number of anilines is 2. The topological polar surface area (TPSA) is 49.4 Å². The highest BCUT2D eigenvalue weighted by Crippen LogP contribution is 2.31. The van der Waals surface area contributed by atoms with Crippen LogP contribution in [0.5, 0.6) is 0 Å². The van der Waals surface area contributed by atoms with Gasteiger partial charge < -0.3 is 10.2 Å². The zero-order valence-corrected chi connectivity index (χ0v) is 13.2. The molecule has 0 atom stereocenters. The second kappa shape index (κ2) is 6.01. The van der Waals surface area contributed by atoms with Gasteiger partial charge >= 0.3 is 0 Å². The van der Waals surface area contributed by atoms with Crippen molar-refractivity contribution in [3.05, 3.63) is 58.4 Å². The number of carbonyl (C=O) groups excluding carboxylic acids is 2. The fraction of sp³-hybridized carbons (Fsp3) is 0.176. The highest BCUT2D eigenvalue weighted by Gasteiger charge is 2.23. The van der Waals surface area contributed by atoms with Gasteiger partial charge in [0, 0.05) is 24.8 Å². The quantitative estimate of drug-likeness (QED) is 0.912. The molecule has 1 N–H and O–H groups in total. The van der Waals surface area contributed by atoms with Gasteiger partial charge in [-0.25, -0.2) is 4.39 Å². The van der Waals surface area contributed by atoms with Gasteiger partial charge in [0.25, 0.3) is 5.91 Å². The van der Waals surface area contributed by atoms with Crippen LogP contribution in [0.1, 0.15) is 22.8 Å². The van der Waals surface area contributed by atoms with E-state index in [2.05, 4.69) is 5.32 Å². The summed E-state index contributed by atoms with van der Waals surface area (Å²) in [5.41, 5.74) is 2.18. The van der Waals surface area contributed by atoms with E-state index in [1.54, 1.807) is 23.1 Å². The number of amides is 2. The molecule has 1 aliphatic rings. The molecule has 1 aliphatic heterocycles. The number of nitrogens with zero attached hydrogens (tertiary/aromatic N) is 1. The minimum atomic E-state index is -0.668. The number of halogens is 2.